The maximum absolute atomic E-state index is 13.5. The van der Waals surface area contributed by atoms with E-state index < -0.39 is 96.8 Å². The smallest absolute Gasteiger partial charge is 0.328 e. The first-order valence-corrected chi connectivity index (χ1v) is 16.6. The van der Waals surface area contributed by atoms with Gasteiger partial charge in [-0.2, -0.15) is 11.8 Å². The molecule has 1 aromatic carbocycles. The molecule has 7 atom stereocenters. The van der Waals surface area contributed by atoms with Crippen LogP contribution in [0.5, 0.6) is 0 Å². The summed E-state index contributed by atoms with van der Waals surface area (Å²) in [5.41, 5.74) is 12.8. The molecule has 2 rings (SSSR count). The number of fused-ring (bicyclic) bond motifs is 1. The van der Waals surface area contributed by atoms with Gasteiger partial charge in [0, 0.05) is 23.5 Å². The Hall–Kier alpha value is -4.72. The highest BCUT2D eigenvalue weighted by molar-refractivity contribution is 7.98. The van der Waals surface area contributed by atoms with Crippen LogP contribution in [0.3, 0.4) is 0 Å². The van der Waals surface area contributed by atoms with Gasteiger partial charge in [-0.25, -0.2) is 4.79 Å². The second-order valence-corrected chi connectivity index (χ2v) is 12.3. The molecule has 1 heterocycles. The number of benzene rings is 1. The van der Waals surface area contributed by atoms with E-state index in [4.69, 9.17) is 16.6 Å². The number of nitrogens with one attached hydrogen (secondary N) is 6. The fraction of sp³-hybridized carbons (Fsp3) is 0.500. The largest absolute Gasteiger partial charge is 0.480 e. The Kier molecular flexibility index (Phi) is 16.0. The number of aromatic nitrogens is 1. The minimum absolute atomic E-state index is 0.0275. The van der Waals surface area contributed by atoms with Crippen LogP contribution < -0.4 is 38.1 Å². The topological polar surface area (TPSA) is 308 Å². The number of aromatic amines is 1. The molecule has 19 heteroatoms. The number of H-pyrrole nitrogens is 1. The number of hydrogen-bond acceptors (Lipinski definition) is 11. The zero-order valence-corrected chi connectivity index (χ0v) is 28.0. The molecule has 13 N–H and O–H groups in total. The number of aliphatic carboxylic acids is 1. The summed E-state index contributed by atoms with van der Waals surface area (Å²) in [6, 6.07) is -1.28. The van der Waals surface area contributed by atoms with E-state index in [0.29, 0.717) is 17.7 Å². The highest BCUT2D eigenvalue weighted by Crippen LogP contribution is 2.19. The van der Waals surface area contributed by atoms with Crippen LogP contribution in [0, 0.1) is 0 Å². The molecule has 0 aliphatic heterocycles. The van der Waals surface area contributed by atoms with Gasteiger partial charge in [-0.3, -0.25) is 28.8 Å². The molecule has 18 nitrogen and oxygen atoms in total. The third-order valence-electron chi connectivity index (χ3n) is 7.35. The molecule has 0 radical (unpaired) electrons. The van der Waals surface area contributed by atoms with Gasteiger partial charge in [0.15, 0.2) is 0 Å². The lowest BCUT2D eigenvalue weighted by Crippen LogP contribution is -2.61. The summed E-state index contributed by atoms with van der Waals surface area (Å²) < 4.78 is 0. The molecule has 0 spiro atoms. The molecular formula is C30H44N8O10S. The first-order chi connectivity index (χ1) is 23.1. The Bertz CT molecular complexity index is 1500. The zero-order valence-electron chi connectivity index (χ0n) is 27.2. The molecule has 270 valence electrons. The minimum atomic E-state index is -1.76. The monoisotopic (exact) mass is 708 g/mol. The number of thioether (sulfide) groups is 1. The third-order valence-corrected chi connectivity index (χ3v) is 8.00. The van der Waals surface area contributed by atoms with Crippen molar-refractivity contribution in [3.8, 4) is 0 Å². The minimum Gasteiger partial charge on any atom is -0.480 e. The van der Waals surface area contributed by atoms with Crippen molar-refractivity contribution < 1.29 is 48.9 Å². The molecular weight excluding hydrogens is 664 g/mol. The lowest BCUT2D eigenvalue weighted by atomic mass is 10.0. The van der Waals surface area contributed by atoms with E-state index in [1.165, 1.54) is 18.7 Å². The van der Waals surface area contributed by atoms with Crippen LogP contribution >= 0.6 is 11.8 Å². The van der Waals surface area contributed by atoms with E-state index >= 15 is 0 Å². The van der Waals surface area contributed by atoms with Gasteiger partial charge < -0.3 is 58.4 Å². The van der Waals surface area contributed by atoms with Crippen LogP contribution in [0.2, 0.25) is 0 Å². The van der Waals surface area contributed by atoms with Crippen molar-refractivity contribution in [1.82, 2.24) is 31.6 Å². The van der Waals surface area contributed by atoms with Crippen molar-refractivity contribution in [3.05, 3.63) is 36.0 Å². The SMILES string of the molecule is CSCC[C@H](N)C(=O)N[C@@H](Cc1c[nH]c2ccccc12)C(=O)N[C@@H](C)C(=O)N[C@@H](CC(N)=O)C(=O)N[C@H](C(=O)N[C@@H](CO)C(=O)O)[C@@H](C)O. The molecule has 0 aliphatic rings. The molecule has 1 aromatic heterocycles. The molecule has 0 saturated heterocycles. The van der Waals surface area contributed by atoms with Crippen molar-refractivity contribution in [2.24, 2.45) is 11.5 Å². The number of amides is 6. The lowest BCUT2D eigenvalue weighted by molar-refractivity contribution is -0.144. The van der Waals surface area contributed by atoms with Crippen LogP contribution in [0.4, 0.5) is 0 Å². The van der Waals surface area contributed by atoms with Gasteiger partial charge in [0.2, 0.25) is 35.4 Å². The molecule has 6 amide bonds. The number of rotatable bonds is 20. The fourth-order valence-corrected chi connectivity index (χ4v) is 5.07. The predicted molar refractivity (Wildman–Crippen MR) is 179 cm³/mol. The summed E-state index contributed by atoms with van der Waals surface area (Å²) in [5, 5.41) is 40.6. The summed E-state index contributed by atoms with van der Waals surface area (Å²) in [6.45, 7) is 1.41. The van der Waals surface area contributed by atoms with Crippen molar-refractivity contribution in [1.29, 1.82) is 0 Å². The van der Waals surface area contributed by atoms with E-state index in [9.17, 15) is 43.8 Å². The highest BCUT2D eigenvalue weighted by Gasteiger charge is 2.34. The second kappa shape index (κ2) is 19.3. The average molecular weight is 709 g/mol. The summed E-state index contributed by atoms with van der Waals surface area (Å²) in [5.74, 6) is -6.60. The normalized spacial score (nSPS) is 15.4. The van der Waals surface area contributed by atoms with Gasteiger partial charge in [-0.1, -0.05) is 18.2 Å². The maximum atomic E-state index is 13.5. The first kappa shape index (κ1) is 40.5. The van der Waals surface area contributed by atoms with Crippen molar-refractivity contribution >= 4 is 64.1 Å². The van der Waals surface area contributed by atoms with Crippen LogP contribution in [0.1, 0.15) is 32.3 Å². The van der Waals surface area contributed by atoms with Crippen molar-refractivity contribution in [2.45, 2.75) is 75.5 Å². The summed E-state index contributed by atoms with van der Waals surface area (Å²) in [7, 11) is 0. The number of carbonyl (C=O) groups is 7. The average Bonchev–Trinajstić information content (AvgIpc) is 3.45. The van der Waals surface area contributed by atoms with Crippen LogP contribution in [0.25, 0.3) is 10.9 Å². The van der Waals surface area contributed by atoms with Gasteiger partial charge in [0.25, 0.3) is 0 Å². The first-order valence-electron chi connectivity index (χ1n) is 15.2. The number of aliphatic hydroxyl groups excluding tert-OH is 2. The van der Waals surface area contributed by atoms with Gasteiger partial charge in [0.05, 0.1) is 25.2 Å². The number of carboxylic acids is 1. The Labute approximate surface area is 285 Å². The van der Waals surface area contributed by atoms with E-state index in [0.717, 1.165) is 17.8 Å². The molecule has 0 saturated carbocycles. The zero-order chi connectivity index (χ0) is 36.8. The quantitative estimate of drug-likeness (QED) is 0.0641. The highest BCUT2D eigenvalue weighted by atomic mass is 32.2. The van der Waals surface area contributed by atoms with Crippen LogP contribution in [-0.2, 0) is 40.0 Å². The van der Waals surface area contributed by atoms with Gasteiger partial charge in [-0.05, 0) is 43.9 Å². The second-order valence-electron chi connectivity index (χ2n) is 11.3. The Morgan fingerprint density at radius 2 is 1.47 bits per heavy atom. The molecule has 0 aliphatic carbocycles. The standard InChI is InChI=1S/C30H44N8O10S/c1-14(25(42)35-21(11-23(32)41)28(45)38-24(15(2)40)29(46)37-22(13-39)30(47)48)34-27(44)20(36-26(43)18(31)8-9-49-3)10-16-12-33-19-7-5-4-6-17(16)19/h4-7,12,14-15,18,20-22,24,33,39-40H,8-11,13,31H2,1-3H3,(H2,32,41)(H,34,44)(H,35,42)(H,36,43)(H,37,46)(H,38,45)(H,47,48)/t14-,15+,18-,20-,21-,22-,24-/m0/s1. The predicted octanol–water partition coefficient (Wildman–Crippen LogP) is -3.43. The Morgan fingerprint density at radius 3 is 2.06 bits per heavy atom. The number of carbonyl (C=O) groups excluding carboxylic acids is 6. The number of nitrogens with two attached hydrogens (primary N) is 2. The Morgan fingerprint density at radius 1 is 0.857 bits per heavy atom. The molecule has 0 fully saturated rings. The van der Waals surface area contributed by atoms with Gasteiger partial charge >= 0.3 is 5.97 Å². The number of primary amides is 1. The van der Waals surface area contributed by atoms with E-state index in [2.05, 4.69) is 26.3 Å². The molecule has 0 unspecified atom stereocenters. The van der Waals surface area contributed by atoms with E-state index in [-0.39, 0.29) is 6.42 Å². The van der Waals surface area contributed by atoms with Crippen molar-refractivity contribution in [2.75, 3.05) is 18.6 Å². The molecule has 2 aromatic rings. The number of carboxylic acid groups (broad SMARTS) is 1. The van der Waals surface area contributed by atoms with Gasteiger partial charge in [-0.15, -0.1) is 0 Å². The lowest BCUT2D eigenvalue weighted by Gasteiger charge is -2.26. The van der Waals surface area contributed by atoms with Gasteiger partial charge in [0.1, 0.15) is 30.2 Å². The molecule has 0 bridgehead atoms. The number of aliphatic hydroxyl groups is 2. The number of hydrogen-bond donors (Lipinski definition) is 11. The summed E-state index contributed by atoms with van der Waals surface area (Å²) in [4.78, 5) is 91.3. The molecule has 49 heavy (non-hydrogen) atoms. The van der Waals surface area contributed by atoms with E-state index in [1.807, 2.05) is 35.8 Å². The fourth-order valence-electron chi connectivity index (χ4n) is 4.58. The summed E-state index contributed by atoms with van der Waals surface area (Å²) in [6.07, 6.45) is 1.60. The van der Waals surface area contributed by atoms with Crippen molar-refractivity contribution in [3.63, 3.8) is 0 Å². The van der Waals surface area contributed by atoms with Crippen LogP contribution in [0.15, 0.2) is 30.5 Å². The van der Waals surface area contributed by atoms with E-state index in [1.54, 1.807) is 6.20 Å². The Balaban J connectivity index is 2.21. The summed E-state index contributed by atoms with van der Waals surface area (Å²) >= 11 is 1.50. The maximum Gasteiger partial charge on any atom is 0.328 e. The van der Waals surface area contributed by atoms with Crippen LogP contribution in [-0.4, -0.2) is 123 Å². The number of para-hydroxylation sites is 1. The third kappa shape index (κ3) is 12.3.